The predicted octanol–water partition coefficient (Wildman–Crippen LogP) is 1.58. The zero-order valence-electron chi connectivity index (χ0n) is 6.16. The molecule has 0 radical (unpaired) electrons. The molecule has 0 fully saturated rings. The van der Waals surface area contributed by atoms with Crippen molar-refractivity contribution >= 4 is 5.97 Å². The molecule has 64 valence electrons. The molecule has 4 heteroatoms. The van der Waals surface area contributed by atoms with Crippen LogP contribution >= 0.6 is 0 Å². The van der Waals surface area contributed by atoms with Gasteiger partial charge in [-0.2, -0.15) is 0 Å². The first-order chi connectivity index (χ1) is 5.72. The van der Waals surface area contributed by atoms with Gasteiger partial charge in [-0.25, -0.2) is 0 Å². The van der Waals surface area contributed by atoms with Crippen molar-refractivity contribution in [2.24, 2.45) is 0 Å². The van der Waals surface area contributed by atoms with Gasteiger partial charge in [0, 0.05) is 4.53 Å². The van der Waals surface area contributed by atoms with Crippen LogP contribution in [0.25, 0.3) is 0 Å². The minimum atomic E-state index is -0.913. The minimum Gasteiger partial charge on any atom is -0.481 e. The first-order valence-corrected chi connectivity index (χ1v) is 3.31. The highest BCUT2D eigenvalue weighted by Gasteiger charge is 2.00. The number of benzene rings is 1. The molecule has 0 spiro atoms. The van der Waals surface area contributed by atoms with Crippen LogP contribution in [0.5, 0.6) is 5.75 Å². The van der Waals surface area contributed by atoms with E-state index in [4.69, 9.17) is 5.11 Å². The zero-order chi connectivity index (χ0) is 8.97. The van der Waals surface area contributed by atoms with E-state index in [1.807, 2.05) is 0 Å². The van der Waals surface area contributed by atoms with Gasteiger partial charge in [0.05, 0.1) is 6.42 Å². The summed E-state index contributed by atoms with van der Waals surface area (Å²) < 4.78 is 11.5. The van der Waals surface area contributed by atoms with Gasteiger partial charge in [0.2, 0.25) is 0 Å². The summed E-state index contributed by atoms with van der Waals surface area (Å²) in [5, 5.41) is 8.39. The van der Waals surface area contributed by atoms with Gasteiger partial charge in [-0.1, -0.05) is 12.1 Å². The number of rotatable bonds is 3. The maximum Gasteiger partial charge on any atom is 0.307 e. The lowest BCUT2D eigenvalue weighted by Crippen LogP contribution is -1.99. The lowest BCUT2D eigenvalue weighted by atomic mass is 10.1. The van der Waals surface area contributed by atoms with Gasteiger partial charge in [-0.3, -0.25) is 9.74 Å². The summed E-state index contributed by atoms with van der Waals surface area (Å²) in [4.78, 5) is 13.6. The Kier molecular flexibility index (Phi) is 2.63. The summed E-state index contributed by atoms with van der Waals surface area (Å²) in [5.41, 5.74) is 0.614. The molecule has 0 aromatic heterocycles. The molecular formula is C8H7FO3. The highest BCUT2D eigenvalue weighted by molar-refractivity contribution is 5.70. The standard InChI is InChI=1S/C8H7FO3/c9-12-7-3-1-6(2-4-7)5-8(10)11/h1-4H,5H2,(H,10,11). The summed E-state index contributed by atoms with van der Waals surface area (Å²) in [6.07, 6.45) is -0.0629. The molecule has 0 aliphatic rings. The third-order valence-corrected chi connectivity index (χ3v) is 1.37. The van der Waals surface area contributed by atoms with E-state index in [9.17, 15) is 9.32 Å². The predicted molar refractivity (Wildman–Crippen MR) is 39.5 cm³/mol. The Morgan fingerprint density at radius 2 is 2.00 bits per heavy atom. The van der Waals surface area contributed by atoms with Crippen molar-refractivity contribution in [1.29, 1.82) is 0 Å². The number of hydrogen-bond donors (Lipinski definition) is 1. The van der Waals surface area contributed by atoms with E-state index in [1.165, 1.54) is 24.3 Å². The topological polar surface area (TPSA) is 46.5 Å². The minimum absolute atomic E-state index is 0.0629. The van der Waals surface area contributed by atoms with Gasteiger partial charge in [0.1, 0.15) is 0 Å². The SMILES string of the molecule is O=C(O)Cc1ccc(OF)cc1. The Hall–Kier alpha value is -1.58. The third kappa shape index (κ3) is 2.23. The van der Waals surface area contributed by atoms with Gasteiger partial charge in [0.15, 0.2) is 5.75 Å². The second kappa shape index (κ2) is 3.71. The summed E-state index contributed by atoms with van der Waals surface area (Å²) in [6, 6.07) is 5.75. The van der Waals surface area contributed by atoms with E-state index in [-0.39, 0.29) is 12.2 Å². The van der Waals surface area contributed by atoms with Crippen LogP contribution in [0, 0.1) is 0 Å². The van der Waals surface area contributed by atoms with Crippen molar-refractivity contribution in [2.75, 3.05) is 0 Å². The molecule has 1 aromatic rings. The second-order valence-corrected chi connectivity index (χ2v) is 2.29. The first kappa shape index (κ1) is 8.52. The molecule has 1 N–H and O–H groups in total. The van der Waals surface area contributed by atoms with Crippen LogP contribution in [0.4, 0.5) is 4.53 Å². The average molecular weight is 170 g/mol. The number of carbonyl (C=O) groups is 1. The molecule has 3 nitrogen and oxygen atoms in total. The second-order valence-electron chi connectivity index (χ2n) is 2.29. The van der Waals surface area contributed by atoms with Gasteiger partial charge >= 0.3 is 5.97 Å². The Balaban J connectivity index is 2.71. The number of carboxylic acid groups (broad SMARTS) is 1. The Bertz CT molecular complexity index is 268. The monoisotopic (exact) mass is 170 g/mol. The van der Waals surface area contributed by atoms with Gasteiger partial charge in [-0.15, -0.1) is 0 Å². The van der Waals surface area contributed by atoms with Crippen LogP contribution in [0.15, 0.2) is 24.3 Å². The molecule has 0 unspecified atom stereocenters. The third-order valence-electron chi connectivity index (χ3n) is 1.37. The van der Waals surface area contributed by atoms with Crippen molar-refractivity contribution in [3.63, 3.8) is 0 Å². The smallest absolute Gasteiger partial charge is 0.307 e. The van der Waals surface area contributed by atoms with Crippen LogP contribution in [-0.2, 0) is 11.2 Å². The fourth-order valence-electron chi connectivity index (χ4n) is 0.833. The maximum atomic E-state index is 11.5. The largest absolute Gasteiger partial charge is 0.481 e. The van der Waals surface area contributed by atoms with Crippen LogP contribution in [0.1, 0.15) is 5.56 Å². The van der Waals surface area contributed by atoms with Crippen molar-refractivity contribution in [3.8, 4) is 5.75 Å². The summed E-state index contributed by atoms with van der Waals surface area (Å²) in [5.74, 6) is -0.840. The quantitative estimate of drug-likeness (QED) is 0.749. The highest BCUT2D eigenvalue weighted by atomic mass is 19.3. The Morgan fingerprint density at radius 3 is 2.42 bits per heavy atom. The first-order valence-electron chi connectivity index (χ1n) is 3.31. The van der Waals surface area contributed by atoms with E-state index in [0.717, 1.165) is 0 Å². The molecule has 0 amide bonds. The molecule has 12 heavy (non-hydrogen) atoms. The molecule has 1 aromatic carbocycles. The summed E-state index contributed by atoms with van der Waals surface area (Å²) in [7, 11) is 0. The van der Waals surface area contributed by atoms with E-state index in [0.29, 0.717) is 5.56 Å². The van der Waals surface area contributed by atoms with Crippen LogP contribution < -0.4 is 4.94 Å². The molecule has 0 saturated carbocycles. The highest BCUT2D eigenvalue weighted by Crippen LogP contribution is 2.12. The van der Waals surface area contributed by atoms with Crippen molar-refractivity contribution < 1.29 is 19.4 Å². The summed E-state index contributed by atoms with van der Waals surface area (Å²) in [6.45, 7) is 0. The fraction of sp³-hybridized carbons (Fsp3) is 0.125. The van der Waals surface area contributed by atoms with Crippen LogP contribution in [-0.4, -0.2) is 11.1 Å². The number of hydrogen-bond acceptors (Lipinski definition) is 2. The molecule has 0 heterocycles. The molecule has 0 aliphatic carbocycles. The van der Waals surface area contributed by atoms with E-state index >= 15 is 0 Å². The zero-order valence-corrected chi connectivity index (χ0v) is 6.16. The van der Waals surface area contributed by atoms with Crippen molar-refractivity contribution in [3.05, 3.63) is 29.8 Å². The van der Waals surface area contributed by atoms with Gasteiger partial charge < -0.3 is 5.11 Å². The maximum absolute atomic E-state index is 11.5. The van der Waals surface area contributed by atoms with Crippen molar-refractivity contribution in [1.82, 2.24) is 0 Å². The normalized spacial score (nSPS) is 9.42. The van der Waals surface area contributed by atoms with E-state index in [2.05, 4.69) is 4.94 Å². The summed E-state index contributed by atoms with van der Waals surface area (Å²) >= 11 is 0. The van der Waals surface area contributed by atoms with E-state index < -0.39 is 5.97 Å². The molecule has 0 aliphatic heterocycles. The number of halogens is 1. The molecule has 0 atom stereocenters. The Morgan fingerprint density at radius 1 is 1.42 bits per heavy atom. The van der Waals surface area contributed by atoms with Crippen molar-refractivity contribution in [2.45, 2.75) is 6.42 Å². The van der Waals surface area contributed by atoms with Crippen LogP contribution in [0.3, 0.4) is 0 Å². The molecule has 1 rings (SSSR count). The lowest BCUT2D eigenvalue weighted by Gasteiger charge is -1.96. The molecule has 0 saturated heterocycles. The average Bonchev–Trinajstić information content (AvgIpc) is 2.05. The fourth-order valence-corrected chi connectivity index (χ4v) is 0.833. The van der Waals surface area contributed by atoms with Crippen LogP contribution in [0.2, 0.25) is 0 Å². The number of carboxylic acids is 1. The van der Waals surface area contributed by atoms with Gasteiger partial charge in [0.25, 0.3) is 0 Å². The lowest BCUT2D eigenvalue weighted by molar-refractivity contribution is -0.136. The van der Waals surface area contributed by atoms with Gasteiger partial charge in [-0.05, 0) is 17.7 Å². The molecular weight excluding hydrogens is 163 g/mol. The van der Waals surface area contributed by atoms with E-state index in [1.54, 1.807) is 0 Å². The molecule has 0 bridgehead atoms. The Labute approximate surface area is 68.3 Å². The number of aliphatic carboxylic acids is 1.